The fourth-order valence-corrected chi connectivity index (χ4v) is 15.7. The number of thioether (sulfide) groups is 1. The van der Waals surface area contributed by atoms with Crippen molar-refractivity contribution < 1.29 is 4.21 Å². The summed E-state index contributed by atoms with van der Waals surface area (Å²) in [4.78, 5) is 0. The van der Waals surface area contributed by atoms with Gasteiger partial charge in [-0.2, -0.15) is 0 Å². The summed E-state index contributed by atoms with van der Waals surface area (Å²) >= 11 is 4.89. The van der Waals surface area contributed by atoms with Crippen molar-refractivity contribution in [2.75, 3.05) is 11.5 Å². The summed E-state index contributed by atoms with van der Waals surface area (Å²) in [6.45, 7) is 12.7. The van der Waals surface area contributed by atoms with Crippen LogP contribution < -0.4 is 0 Å². The summed E-state index contributed by atoms with van der Waals surface area (Å²) in [5.41, 5.74) is 0.966. The van der Waals surface area contributed by atoms with Crippen LogP contribution in [0.2, 0.25) is 0 Å². The van der Waals surface area contributed by atoms with Crippen LogP contribution in [-0.2, 0) is 10.8 Å². The average Bonchev–Trinajstić information content (AvgIpc) is 3.29. The van der Waals surface area contributed by atoms with E-state index in [4.69, 9.17) is 0 Å². The second-order valence-electron chi connectivity index (χ2n) is 13.8. The number of fused-ring (bicyclic) bond motifs is 6. The lowest BCUT2D eigenvalue weighted by Gasteiger charge is -2.65. The summed E-state index contributed by atoms with van der Waals surface area (Å²) in [6.07, 6.45) is 15.5. The summed E-state index contributed by atoms with van der Waals surface area (Å²) in [5.74, 6) is 8.03. The molecule has 0 amide bonds. The van der Waals surface area contributed by atoms with Crippen molar-refractivity contribution in [3.05, 3.63) is 0 Å². The Morgan fingerprint density at radius 3 is 2.42 bits per heavy atom. The van der Waals surface area contributed by atoms with E-state index in [9.17, 15) is 4.21 Å². The zero-order valence-electron chi connectivity index (χ0n) is 21.9. The normalized spacial score (nSPS) is 52.5. The molecule has 190 valence electrons. The number of halogens is 1. The van der Waals surface area contributed by atoms with Gasteiger partial charge in [0.2, 0.25) is 0 Å². The first-order chi connectivity index (χ1) is 15.6. The van der Waals surface area contributed by atoms with Crippen LogP contribution in [0.15, 0.2) is 0 Å². The van der Waals surface area contributed by atoms with E-state index >= 15 is 0 Å². The van der Waals surface area contributed by atoms with E-state index in [-0.39, 0.29) is 4.08 Å². The highest BCUT2D eigenvalue weighted by molar-refractivity contribution is 14.1. The van der Waals surface area contributed by atoms with Gasteiger partial charge < -0.3 is 0 Å². The van der Waals surface area contributed by atoms with E-state index in [1.54, 1.807) is 0 Å². The Balaban J connectivity index is 1.42. The monoisotopic (exact) mass is 604 g/mol. The molecule has 1 aliphatic heterocycles. The number of hydrogen-bond donors (Lipinski definition) is 0. The molecule has 33 heavy (non-hydrogen) atoms. The van der Waals surface area contributed by atoms with Crippen LogP contribution in [0.5, 0.6) is 0 Å². The van der Waals surface area contributed by atoms with E-state index < -0.39 is 10.8 Å². The van der Waals surface area contributed by atoms with Gasteiger partial charge in [-0.15, -0.1) is 11.8 Å². The van der Waals surface area contributed by atoms with Crippen LogP contribution in [0.3, 0.4) is 0 Å². The molecule has 2 unspecified atom stereocenters. The second kappa shape index (κ2) is 9.52. The molecule has 4 aliphatic carbocycles. The zero-order chi connectivity index (χ0) is 23.6. The maximum atomic E-state index is 13.7. The van der Waals surface area contributed by atoms with Crippen molar-refractivity contribution in [2.24, 2.45) is 52.3 Å². The molecule has 0 aromatic rings. The molecule has 0 bridgehead atoms. The third-order valence-corrected chi connectivity index (χ3v) is 17.3. The lowest BCUT2D eigenvalue weighted by Crippen LogP contribution is -2.62. The maximum Gasteiger partial charge on any atom is 0.0945 e. The highest BCUT2D eigenvalue weighted by Crippen LogP contribution is 2.73. The predicted molar refractivity (Wildman–Crippen MR) is 154 cm³/mol. The van der Waals surface area contributed by atoms with Crippen molar-refractivity contribution in [1.82, 2.24) is 0 Å². The van der Waals surface area contributed by atoms with Gasteiger partial charge in [-0.25, -0.2) is 0 Å². The Bertz CT molecular complexity index is 756. The molecule has 0 N–H and O–H groups in total. The quantitative estimate of drug-likeness (QED) is 0.231. The van der Waals surface area contributed by atoms with Gasteiger partial charge in [0.25, 0.3) is 0 Å². The molecule has 5 fully saturated rings. The number of alkyl halides is 1. The van der Waals surface area contributed by atoms with E-state index in [2.05, 4.69) is 69.0 Å². The second-order valence-corrected chi connectivity index (χ2v) is 19.0. The molecule has 1 nitrogen and oxygen atoms in total. The fourth-order valence-electron chi connectivity index (χ4n) is 10.2. The summed E-state index contributed by atoms with van der Waals surface area (Å²) in [5, 5.41) is 0. The summed E-state index contributed by atoms with van der Waals surface area (Å²) in [7, 11) is -0.630. The van der Waals surface area contributed by atoms with Gasteiger partial charge in [-0.3, -0.25) is 4.21 Å². The first-order valence-electron chi connectivity index (χ1n) is 14.3. The molecule has 4 saturated carbocycles. The molecule has 1 spiro atoms. The minimum Gasteiger partial charge on any atom is -0.258 e. The Labute approximate surface area is 225 Å². The Morgan fingerprint density at radius 2 is 1.73 bits per heavy atom. The predicted octanol–water partition coefficient (Wildman–Crippen LogP) is 8.71. The lowest BCUT2D eigenvalue weighted by atomic mass is 9.44. The van der Waals surface area contributed by atoms with Gasteiger partial charge >= 0.3 is 0 Å². The van der Waals surface area contributed by atoms with E-state index in [0.717, 1.165) is 50.9 Å². The lowest BCUT2D eigenvalue weighted by molar-refractivity contribution is -0.115. The molecule has 0 radical (unpaired) electrons. The fraction of sp³-hybridized carbons (Fsp3) is 1.00. The molecule has 1 saturated heterocycles. The van der Waals surface area contributed by atoms with E-state index in [0.29, 0.717) is 16.7 Å². The zero-order valence-corrected chi connectivity index (χ0v) is 25.7. The van der Waals surface area contributed by atoms with Crippen LogP contribution in [0.4, 0.5) is 0 Å². The summed E-state index contributed by atoms with van der Waals surface area (Å²) in [6, 6.07) is 0. The number of hydrogen-bond acceptors (Lipinski definition) is 2. The molecule has 0 aromatic heterocycles. The van der Waals surface area contributed by atoms with Gasteiger partial charge in [0.15, 0.2) is 0 Å². The third kappa shape index (κ3) is 4.16. The van der Waals surface area contributed by atoms with Crippen molar-refractivity contribution in [3.8, 4) is 0 Å². The Morgan fingerprint density at radius 1 is 1.00 bits per heavy atom. The summed E-state index contributed by atoms with van der Waals surface area (Å²) < 4.78 is 14.6. The van der Waals surface area contributed by atoms with E-state index in [1.807, 2.05) is 0 Å². The molecule has 5 rings (SSSR count). The minimum atomic E-state index is -0.630. The highest BCUT2D eigenvalue weighted by Gasteiger charge is 2.68. The van der Waals surface area contributed by atoms with E-state index in [1.165, 1.54) is 70.6 Å². The smallest absolute Gasteiger partial charge is 0.0945 e. The molecule has 0 aromatic carbocycles. The standard InChI is InChI=1S/C29H49IOS2/c1-19(2)7-6-8-20(3)23-9-10-24-22-18-29(32-15-16-33(29)31)26-17-21(30)11-13-28(26,5)25(22)12-14-27(23,24)4/h19-26H,6-18H2,1-5H3/t20-,21+,22+,23-,24+,25+,26+,27-,28-,29?,33?/m1/s1. The van der Waals surface area contributed by atoms with Crippen LogP contribution in [-0.4, -0.2) is 23.7 Å². The van der Waals surface area contributed by atoms with Crippen LogP contribution in [0.1, 0.15) is 105 Å². The maximum absolute atomic E-state index is 13.7. The number of rotatable bonds is 5. The van der Waals surface area contributed by atoms with Crippen LogP contribution in [0, 0.1) is 52.3 Å². The van der Waals surface area contributed by atoms with Gasteiger partial charge in [-0.05, 0) is 104 Å². The highest BCUT2D eigenvalue weighted by atomic mass is 127. The van der Waals surface area contributed by atoms with Gasteiger partial charge in [0.05, 0.1) is 4.08 Å². The van der Waals surface area contributed by atoms with Crippen molar-refractivity contribution in [2.45, 2.75) is 113 Å². The molecule has 4 heteroatoms. The van der Waals surface area contributed by atoms with Gasteiger partial charge in [-0.1, -0.05) is 76.5 Å². The third-order valence-electron chi connectivity index (χ3n) is 11.8. The topological polar surface area (TPSA) is 17.1 Å². The largest absolute Gasteiger partial charge is 0.258 e. The SMILES string of the molecule is CC(C)CCC[C@@H](C)[C@H]1CC[C@H]2[C@@H]3CC4(SCCS4=O)[C@H]4C[C@@H](I)CC[C@]4(C)[C@H]3CC[C@]12C. The Kier molecular flexibility index (Phi) is 7.46. The Hall–Kier alpha value is 1.23. The van der Waals surface area contributed by atoms with Crippen molar-refractivity contribution >= 4 is 45.2 Å². The minimum absolute atomic E-state index is 0.0823. The first kappa shape index (κ1) is 25.9. The molecule has 1 heterocycles. The van der Waals surface area contributed by atoms with Crippen LogP contribution >= 0.6 is 34.4 Å². The average molecular weight is 605 g/mol. The molecular weight excluding hydrogens is 555 g/mol. The van der Waals surface area contributed by atoms with Crippen molar-refractivity contribution in [1.29, 1.82) is 0 Å². The molecule has 11 atom stereocenters. The first-order valence-corrected chi connectivity index (χ1v) is 17.8. The molecule has 5 aliphatic rings. The molecular formula is C29H49IOS2. The van der Waals surface area contributed by atoms with Gasteiger partial charge in [0, 0.05) is 26.2 Å². The van der Waals surface area contributed by atoms with Crippen LogP contribution in [0.25, 0.3) is 0 Å². The van der Waals surface area contributed by atoms with Crippen molar-refractivity contribution in [3.63, 3.8) is 0 Å². The van der Waals surface area contributed by atoms with Gasteiger partial charge in [0.1, 0.15) is 0 Å².